The maximum atomic E-state index is 8.78. The quantitative estimate of drug-likeness (QED) is 0.594. The summed E-state index contributed by atoms with van der Waals surface area (Å²) in [6.07, 6.45) is 2.46. The summed E-state index contributed by atoms with van der Waals surface area (Å²) in [5.41, 5.74) is 0. The number of likely N-dealkylation sites (tertiary alicyclic amines) is 1. The molecule has 0 aliphatic carbocycles. The van der Waals surface area contributed by atoms with Gasteiger partial charge in [0.2, 0.25) is 0 Å². The van der Waals surface area contributed by atoms with E-state index < -0.39 is 0 Å². The largest absolute Gasteiger partial charge is 0.396 e. The second kappa shape index (κ2) is 4.69. The summed E-state index contributed by atoms with van der Waals surface area (Å²) >= 11 is 0. The zero-order chi connectivity index (χ0) is 6.69. The fraction of sp³-hybridized carbons (Fsp3) is 1.00. The second-order valence-electron chi connectivity index (χ2n) is 2.95. The van der Waals surface area contributed by atoms with E-state index in [4.69, 9.17) is 5.11 Å². The Balaban J connectivity index is 0.000000810. The van der Waals surface area contributed by atoms with Gasteiger partial charge in [0.05, 0.1) is 0 Å². The maximum Gasteiger partial charge on any atom is 0.0471 e. The zero-order valence-corrected chi connectivity index (χ0v) is 6.01. The standard InChI is InChI=1S/C7H15NO.CH4/c1-8-4-2-3-7(5-8)6-9;/h7,9H,2-6H2,1H3;1H4. The van der Waals surface area contributed by atoms with E-state index in [1.54, 1.807) is 0 Å². The minimum atomic E-state index is 0. The predicted octanol–water partition coefficient (Wildman–Crippen LogP) is 0.957. The molecular weight excluding hydrogens is 126 g/mol. The van der Waals surface area contributed by atoms with Crippen LogP contribution in [0.5, 0.6) is 0 Å². The highest BCUT2D eigenvalue weighted by Crippen LogP contribution is 2.13. The number of nitrogens with zero attached hydrogens (tertiary/aromatic N) is 1. The van der Waals surface area contributed by atoms with Crippen molar-refractivity contribution in [2.75, 3.05) is 26.7 Å². The SMILES string of the molecule is C.CN1CCCC(CO)C1. The van der Waals surface area contributed by atoms with E-state index >= 15 is 0 Å². The summed E-state index contributed by atoms with van der Waals surface area (Å²) in [7, 11) is 2.11. The Bertz CT molecular complexity index is 85.3. The van der Waals surface area contributed by atoms with Gasteiger partial charge in [-0.2, -0.15) is 0 Å². The molecule has 2 nitrogen and oxygen atoms in total. The summed E-state index contributed by atoms with van der Waals surface area (Å²) in [6.45, 7) is 2.65. The van der Waals surface area contributed by atoms with Crippen LogP contribution in [0.1, 0.15) is 20.3 Å². The first-order valence-corrected chi connectivity index (χ1v) is 3.62. The van der Waals surface area contributed by atoms with E-state index in [2.05, 4.69) is 11.9 Å². The van der Waals surface area contributed by atoms with Crippen LogP contribution in [0.15, 0.2) is 0 Å². The molecule has 1 N–H and O–H groups in total. The highest BCUT2D eigenvalue weighted by Gasteiger charge is 2.15. The zero-order valence-electron chi connectivity index (χ0n) is 6.01. The monoisotopic (exact) mass is 145 g/mol. The second-order valence-corrected chi connectivity index (χ2v) is 2.95. The Morgan fingerprint density at radius 1 is 1.60 bits per heavy atom. The van der Waals surface area contributed by atoms with Crippen LogP contribution >= 0.6 is 0 Å². The van der Waals surface area contributed by atoms with Crippen LogP contribution in [0.3, 0.4) is 0 Å². The van der Waals surface area contributed by atoms with Crippen molar-refractivity contribution in [3.8, 4) is 0 Å². The van der Waals surface area contributed by atoms with E-state index in [0.29, 0.717) is 12.5 Å². The molecule has 2 heteroatoms. The lowest BCUT2D eigenvalue weighted by Crippen LogP contribution is -2.33. The molecule has 1 fully saturated rings. The first kappa shape index (κ1) is 9.92. The van der Waals surface area contributed by atoms with Crippen LogP contribution in [-0.2, 0) is 0 Å². The number of hydrogen-bond acceptors (Lipinski definition) is 2. The number of hydrogen-bond donors (Lipinski definition) is 1. The van der Waals surface area contributed by atoms with Gasteiger partial charge in [0, 0.05) is 13.2 Å². The van der Waals surface area contributed by atoms with Crippen molar-refractivity contribution >= 4 is 0 Å². The van der Waals surface area contributed by atoms with Gasteiger partial charge in [0.25, 0.3) is 0 Å². The molecule has 0 saturated carbocycles. The third-order valence-corrected chi connectivity index (χ3v) is 1.98. The normalized spacial score (nSPS) is 27.6. The molecular formula is C8H19NO. The summed E-state index contributed by atoms with van der Waals surface area (Å²) in [5.74, 6) is 0.545. The lowest BCUT2D eigenvalue weighted by molar-refractivity contribution is 0.138. The highest BCUT2D eigenvalue weighted by atomic mass is 16.3. The molecule has 1 heterocycles. The number of aliphatic hydroxyl groups is 1. The predicted molar refractivity (Wildman–Crippen MR) is 44.0 cm³/mol. The molecule has 0 radical (unpaired) electrons. The van der Waals surface area contributed by atoms with Gasteiger partial charge < -0.3 is 10.0 Å². The molecule has 0 amide bonds. The number of rotatable bonds is 1. The molecule has 0 aromatic rings. The molecule has 0 spiro atoms. The van der Waals surface area contributed by atoms with E-state index in [9.17, 15) is 0 Å². The van der Waals surface area contributed by atoms with Crippen molar-refractivity contribution in [2.45, 2.75) is 20.3 Å². The first-order valence-electron chi connectivity index (χ1n) is 3.62. The number of aliphatic hydroxyl groups excluding tert-OH is 1. The average molecular weight is 145 g/mol. The smallest absolute Gasteiger partial charge is 0.0471 e. The molecule has 1 rings (SSSR count). The summed E-state index contributed by atoms with van der Waals surface area (Å²) in [5, 5.41) is 8.78. The van der Waals surface area contributed by atoms with Gasteiger partial charge in [-0.15, -0.1) is 0 Å². The minimum absolute atomic E-state index is 0. The van der Waals surface area contributed by atoms with Crippen molar-refractivity contribution < 1.29 is 5.11 Å². The molecule has 1 unspecified atom stereocenters. The number of piperidine rings is 1. The molecule has 1 saturated heterocycles. The van der Waals surface area contributed by atoms with E-state index in [0.717, 1.165) is 6.54 Å². The summed E-state index contributed by atoms with van der Waals surface area (Å²) in [4.78, 5) is 2.28. The van der Waals surface area contributed by atoms with Gasteiger partial charge in [-0.1, -0.05) is 7.43 Å². The Morgan fingerprint density at radius 3 is 2.70 bits per heavy atom. The molecule has 0 aromatic carbocycles. The van der Waals surface area contributed by atoms with E-state index in [-0.39, 0.29) is 7.43 Å². The molecule has 62 valence electrons. The van der Waals surface area contributed by atoms with E-state index in [1.807, 2.05) is 0 Å². The van der Waals surface area contributed by atoms with E-state index in [1.165, 1.54) is 19.4 Å². The lowest BCUT2D eigenvalue weighted by atomic mass is 10.00. The first-order chi connectivity index (χ1) is 4.33. The van der Waals surface area contributed by atoms with Crippen LogP contribution in [0.25, 0.3) is 0 Å². The topological polar surface area (TPSA) is 23.5 Å². The molecule has 0 bridgehead atoms. The van der Waals surface area contributed by atoms with Crippen LogP contribution in [0.2, 0.25) is 0 Å². The van der Waals surface area contributed by atoms with Crippen LogP contribution in [0, 0.1) is 5.92 Å². The fourth-order valence-corrected chi connectivity index (χ4v) is 1.42. The average Bonchev–Trinajstić information content (AvgIpc) is 1.88. The third kappa shape index (κ3) is 2.67. The van der Waals surface area contributed by atoms with Gasteiger partial charge in [-0.25, -0.2) is 0 Å². The van der Waals surface area contributed by atoms with Gasteiger partial charge in [0.1, 0.15) is 0 Å². The Hall–Kier alpha value is -0.0800. The molecule has 1 aliphatic rings. The van der Waals surface area contributed by atoms with Gasteiger partial charge >= 0.3 is 0 Å². The van der Waals surface area contributed by atoms with Crippen molar-refractivity contribution in [1.82, 2.24) is 4.90 Å². The Labute approximate surface area is 63.8 Å². The molecule has 0 aromatic heterocycles. The van der Waals surface area contributed by atoms with Gasteiger partial charge in [0.15, 0.2) is 0 Å². The Kier molecular flexibility index (Phi) is 4.65. The van der Waals surface area contributed by atoms with Crippen molar-refractivity contribution in [3.05, 3.63) is 0 Å². The highest BCUT2D eigenvalue weighted by molar-refractivity contribution is 4.68. The summed E-state index contributed by atoms with van der Waals surface area (Å²) < 4.78 is 0. The van der Waals surface area contributed by atoms with Crippen LogP contribution in [-0.4, -0.2) is 36.8 Å². The van der Waals surface area contributed by atoms with Crippen molar-refractivity contribution in [3.63, 3.8) is 0 Å². The van der Waals surface area contributed by atoms with Gasteiger partial charge in [-0.3, -0.25) is 0 Å². The Morgan fingerprint density at radius 2 is 2.30 bits per heavy atom. The minimum Gasteiger partial charge on any atom is -0.396 e. The van der Waals surface area contributed by atoms with Crippen LogP contribution < -0.4 is 0 Å². The molecule has 1 atom stereocenters. The van der Waals surface area contributed by atoms with Gasteiger partial charge in [-0.05, 0) is 32.4 Å². The van der Waals surface area contributed by atoms with Crippen molar-refractivity contribution in [2.24, 2.45) is 5.92 Å². The maximum absolute atomic E-state index is 8.78. The fourth-order valence-electron chi connectivity index (χ4n) is 1.42. The molecule has 10 heavy (non-hydrogen) atoms. The van der Waals surface area contributed by atoms with Crippen LogP contribution in [0.4, 0.5) is 0 Å². The van der Waals surface area contributed by atoms with Crippen molar-refractivity contribution in [1.29, 1.82) is 0 Å². The molecule has 1 aliphatic heterocycles. The lowest BCUT2D eigenvalue weighted by Gasteiger charge is -2.27. The third-order valence-electron chi connectivity index (χ3n) is 1.98. The summed E-state index contributed by atoms with van der Waals surface area (Å²) in [6, 6.07) is 0.